The number of nitrogens with zero attached hydrogens (tertiary/aromatic N) is 2. The minimum atomic E-state index is -0.664. The molecule has 0 saturated heterocycles. The van der Waals surface area contributed by atoms with Gasteiger partial charge in [0.1, 0.15) is 40.7 Å². The molecule has 48 heavy (non-hydrogen) atoms. The summed E-state index contributed by atoms with van der Waals surface area (Å²) in [6.45, 7) is 0.515. The average molecular weight is 654 g/mol. The second-order valence-electron chi connectivity index (χ2n) is 10.2. The molecule has 0 aliphatic heterocycles. The van der Waals surface area contributed by atoms with Crippen molar-refractivity contribution in [1.29, 1.82) is 0 Å². The first-order chi connectivity index (χ1) is 23.3. The Bertz CT molecular complexity index is 2160. The van der Waals surface area contributed by atoms with Crippen LogP contribution in [0.5, 0.6) is 17.2 Å². The van der Waals surface area contributed by atoms with E-state index in [2.05, 4.69) is 25.3 Å². The molecule has 0 fully saturated rings. The molecule has 3 N–H and O–H groups in total. The van der Waals surface area contributed by atoms with Crippen LogP contribution in [0.4, 0.5) is 4.39 Å². The fraction of sp³-hybridized carbons (Fsp3) is 0.171. The number of rotatable bonds is 10. The minimum absolute atomic E-state index is 0.0798. The van der Waals surface area contributed by atoms with E-state index in [1.54, 1.807) is 25.3 Å². The monoisotopic (exact) mass is 653 g/mol. The Kier molecular flexibility index (Phi) is 10.7. The summed E-state index contributed by atoms with van der Waals surface area (Å²) in [4.78, 5) is 50.2. The van der Waals surface area contributed by atoms with Gasteiger partial charge in [0.2, 0.25) is 0 Å². The third-order valence-corrected chi connectivity index (χ3v) is 7.02. The number of halogens is 1. The highest BCUT2D eigenvalue weighted by Gasteiger charge is 2.16. The second-order valence-corrected chi connectivity index (χ2v) is 10.2. The maximum Gasteiger partial charge on any atom is 0.262 e. The average Bonchev–Trinajstić information content (AvgIpc) is 3.11. The highest BCUT2D eigenvalue weighted by molar-refractivity contribution is 5.88. The largest absolute Gasteiger partial charge is 0.491 e. The Morgan fingerprint density at radius 2 is 1.46 bits per heavy atom. The second kappa shape index (κ2) is 15.5. The first kappa shape index (κ1) is 33.3. The molecule has 246 valence electrons. The number of hydrogen-bond donors (Lipinski definition) is 3. The van der Waals surface area contributed by atoms with E-state index in [0.717, 1.165) is 11.1 Å². The van der Waals surface area contributed by atoms with Gasteiger partial charge in [0.15, 0.2) is 18.1 Å². The lowest BCUT2D eigenvalue weighted by atomic mass is 10.1. The van der Waals surface area contributed by atoms with Gasteiger partial charge in [0, 0.05) is 37.4 Å². The van der Waals surface area contributed by atoms with E-state index in [-0.39, 0.29) is 35.6 Å². The van der Waals surface area contributed by atoms with Gasteiger partial charge in [-0.1, -0.05) is 60.7 Å². The van der Waals surface area contributed by atoms with Gasteiger partial charge in [-0.25, -0.2) is 14.4 Å². The first-order valence-electron chi connectivity index (χ1n) is 14.7. The summed E-state index contributed by atoms with van der Waals surface area (Å²) in [6, 6.07) is 24.4. The van der Waals surface area contributed by atoms with Crippen molar-refractivity contribution in [2.75, 3.05) is 41.1 Å². The molecule has 0 saturated carbocycles. The number of likely N-dealkylation sites (N-methyl/N-ethyl adjacent to an activating group) is 1. The van der Waals surface area contributed by atoms with E-state index in [0.29, 0.717) is 46.4 Å². The van der Waals surface area contributed by atoms with E-state index in [1.807, 2.05) is 60.7 Å². The standard InChI is InChI=1S/C18H17N3O4.C17H15FN2O3/c1-19-14(22)10-25-13-9-8-12-15(16(13)24-2)20-17(21-18(12)23)11-6-4-3-5-7-11;1-22-7-8-23-12-9-13(18)15-14(10-12)19-16(20-17(15)21)11-5-3-2-4-6-11/h3-9H,10H2,1-2H3,(H,19,22)(H,20,21,23);2-6,9-10H,7-8H2,1H3,(H,19,20,21). The Labute approximate surface area is 273 Å². The maximum absolute atomic E-state index is 14.2. The van der Waals surface area contributed by atoms with Crippen molar-refractivity contribution < 1.29 is 28.1 Å². The molecule has 0 radical (unpaired) electrons. The van der Waals surface area contributed by atoms with Crippen molar-refractivity contribution in [2.24, 2.45) is 0 Å². The number of nitrogens with one attached hydrogen (secondary N) is 3. The zero-order valence-electron chi connectivity index (χ0n) is 26.3. The molecule has 2 heterocycles. The third-order valence-electron chi connectivity index (χ3n) is 7.02. The van der Waals surface area contributed by atoms with Crippen LogP contribution >= 0.6 is 0 Å². The summed E-state index contributed by atoms with van der Waals surface area (Å²) in [7, 11) is 4.54. The van der Waals surface area contributed by atoms with Gasteiger partial charge in [-0.2, -0.15) is 0 Å². The van der Waals surface area contributed by atoms with E-state index < -0.39 is 11.4 Å². The summed E-state index contributed by atoms with van der Waals surface area (Å²) in [5, 5.41) is 2.77. The van der Waals surface area contributed by atoms with Crippen molar-refractivity contribution in [3.05, 3.63) is 111 Å². The summed E-state index contributed by atoms with van der Waals surface area (Å²) >= 11 is 0. The zero-order valence-corrected chi connectivity index (χ0v) is 26.3. The molecule has 0 spiro atoms. The van der Waals surface area contributed by atoms with Crippen LogP contribution in [-0.4, -0.2) is 66.9 Å². The molecule has 0 unspecified atom stereocenters. The smallest absolute Gasteiger partial charge is 0.262 e. The van der Waals surface area contributed by atoms with E-state index in [4.69, 9.17) is 18.9 Å². The topological polar surface area (TPSA) is 158 Å². The summed E-state index contributed by atoms with van der Waals surface area (Å²) in [6.07, 6.45) is 0. The zero-order chi connectivity index (χ0) is 34.0. The number of aromatic nitrogens is 4. The molecule has 12 nitrogen and oxygen atoms in total. The van der Waals surface area contributed by atoms with Crippen molar-refractivity contribution >= 4 is 27.7 Å². The summed E-state index contributed by atoms with van der Waals surface area (Å²) in [5.74, 6) is 0.843. The number of amides is 1. The fourth-order valence-electron chi connectivity index (χ4n) is 4.68. The number of carbonyl (C=O) groups excluding carboxylic acids is 1. The van der Waals surface area contributed by atoms with Crippen LogP contribution in [0, 0.1) is 5.82 Å². The lowest BCUT2D eigenvalue weighted by Crippen LogP contribution is -2.25. The number of benzene rings is 4. The predicted octanol–water partition coefficient (Wildman–Crippen LogP) is 4.48. The molecule has 0 aliphatic carbocycles. The normalized spacial score (nSPS) is 10.7. The SMILES string of the molecule is CNC(=O)COc1ccc2c(=O)[nH]c(-c3ccccc3)nc2c1OC.COCCOc1cc(F)c2c(=O)[nH]c(-c3ccccc3)nc2c1. The van der Waals surface area contributed by atoms with Gasteiger partial charge in [-0.05, 0) is 12.1 Å². The highest BCUT2D eigenvalue weighted by atomic mass is 19.1. The van der Waals surface area contributed by atoms with Crippen molar-refractivity contribution in [2.45, 2.75) is 0 Å². The molecular formula is C35H32FN5O7. The number of methoxy groups -OCH3 is 2. The number of H-pyrrole nitrogens is 2. The molecule has 4 aromatic carbocycles. The van der Waals surface area contributed by atoms with Crippen molar-refractivity contribution in [3.8, 4) is 40.0 Å². The lowest BCUT2D eigenvalue weighted by molar-refractivity contribution is -0.122. The summed E-state index contributed by atoms with van der Waals surface area (Å²) in [5.41, 5.74) is 1.35. The Morgan fingerprint density at radius 3 is 2.08 bits per heavy atom. The Balaban J connectivity index is 0.000000188. The van der Waals surface area contributed by atoms with E-state index in [9.17, 15) is 18.8 Å². The van der Waals surface area contributed by atoms with Crippen LogP contribution < -0.4 is 30.6 Å². The van der Waals surface area contributed by atoms with Crippen LogP contribution in [0.3, 0.4) is 0 Å². The lowest BCUT2D eigenvalue weighted by Gasteiger charge is -2.12. The molecule has 0 bridgehead atoms. The quantitative estimate of drug-likeness (QED) is 0.181. The number of ether oxygens (including phenoxy) is 4. The van der Waals surface area contributed by atoms with Crippen LogP contribution in [0.2, 0.25) is 0 Å². The van der Waals surface area contributed by atoms with Gasteiger partial charge in [-0.15, -0.1) is 0 Å². The van der Waals surface area contributed by atoms with Crippen LogP contribution in [0.15, 0.2) is 94.5 Å². The molecule has 6 rings (SSSR count). The highest BCUT2D eigenvalue weighted by Crippen LogP contribution is 2.34. The molecule has 0 atom stereocenters. The molecular weight excluding hydrogens is 621 g/mol. The Hall–Kier alpha value is -6.08. The van der Waals surface area contributed by atoms with E-state index in [1.165, 1.54) is 20.2 Å². The third kappa shape index (κ3) is 7.65. The number of hydrogen-bond acceptors (Lipinski definition) is 9. The molecule has 13 heteroatoms. The van der Waals surface area contributed by atoms with Crippen molar-refractivity contribution in [3.63, 3.8) is 0 Å². The number of fused-ring (bicyclic) bond motifs is 2. The molecule has 1 amide bonds. The molecule has 6 aromatic rings. The van der Waals surface area contributed by atoms with Gasteiger partial charge in [0.05, 0.1) is 24.6 Å². The summed E-state index contributed by atoms with van der Waals surface area (Å²) < 4.78 is 35.4. The van der Waals surface area contributed by atoms with Gasteiger partial charge in [0.25, 0.3) is 17.0 Å². The van der Waals surface area contributed by atoms with Crippen LogP contribution in [-0.2, 0) is 9.53 Å². The maximum atomic E-state index is 14.2. The number of aromatic amines is 2. The predicted molar refractivity (Wildman–Crippen MR) is 179 cm³/mol. The van der Waals surface area contributed by atoms with Gasteiger partial charge in [-0.3, -0.25) is 14.4 Å². The number of carbonyl (C=O) groups is 1. The molecule has 0 aliphatic rings. The van der Waals surface area contributed by atoms with Gasteiger partial charge >= 0.3 is 0 Å². The van der Waals surface area contributed by atoms with E-state index >= 15 is 0 Å². The first-order valence-corrected chi connectivity index (χ1v) is 14.7. The van der Waals surface area contributed by atoms with Crippen LogP contribution in [0.1, 0.15) is 0 Å². The van der Waals surface area contributed by atoms with Crippen molar-refractivity contribution in [1.82, 2.24) is 25.3 Å². The minimum Gasteiger partial charge on any atom is -0.491 e. The fourth-order valence-corrected chi connectivity index (χ4v) is 4.68. The Morgan fingerprint density at radius 1 is 0.812 bits per heavy atom. The van der Waals surface area contributed by atoms with Crippen LogP contribution in [0.25, 0.3) is 44.6 Å². The molecule has 2 aromatic heterocycles. The van der Waals surface area contributed by atoms with Gasteiger partial charge < -0.3 is 34.2 Å².